The van der Waals surface area contributed by atoms with Crippen LogP contribution in [0.25, 0.3) is 0 Å². The average Bonchev–Trinajstić information content (AvgIpc) is 3.36. The molecule has 0 saturated carbocycles. The molecule has 0 heterocycles. The fourth-order valence-electron chi connectivity index (χ4n) is 8.25. The molecule has 0 radical (unpaired) electrons. The van der Waals surface area contributed by atoms with Gasteiger partial charge in [-0.3, -0.25) is 18.6 Å². The summed E-state index contributed by atoms with van der Waals surface area (Å²) in [6.45, 7) is 3.65. The number of hydrogen-bond donors (Lipinski definition) is 2. The first kappa shape index (κ1) is 68.5. The smallest absolute Gasteiger partial charge is 0.462 e. The maximum Gasteiger partial charge on any atom is 0.472 e. The molecule has 0 aliphatic rings. The SMILES string of the molecule is CC/C=C\C/C=C\C/C=C\C/C=C\CCCCCCCCCCCCCCC(=O)OC(COC(=O)CCCCCCCCCCCCCCC/C=C\C/C=C\CCCCCCC)COP(=O)(O)OCCN. The number of allylic oxidation sites excluding steroid dienone is 12. The fraction of sp³-hybridized carbons (Fsp3) is 0.770. The number of phosphoric acid groups is 1. The molecule has 0 spiro atoms. The molecule has 0 aromatic rings. The Hall–Kier alpha value is -2.55. The predicted molar refractivity (Wildman–Crippen MR) is 302 cm³/mol. The Labute approximate surface area is 437 Å². The highest BCUT2D eigenvalue weighted by Gasteiger charge is 2.26. The van der Waals surface area contributed by atoms with Crippen molar-refractivity contribution in [3.63, 3.8) is 0 Å². The van der Waals surface area contributed by atoms with Gasteiger partial charge in [0.25, 0.3) is 0 Å². The number of hydrogen-bond acceptors (Lipinski definition) is 8. The van der Waals surface area contributed by atoms with Gasteiger partial charge in [-0.05, 0) is 83.5 Å². The number of carbonyl (C=O) groups excluding carboxylic acids is 2. The van der Waals surface area contributed by atoms with Crippen LogP contribution in [0.5, 0.6) is 0 Å². The summed E-state index contributed by atoms with van der Waals surface area (Å²) >= 11 is 0. The van der Waals surface area contributed by atoms with Gasteiger partial charge in [0, 0.05) is 19.4 Å². The van der Waals surface area contributed by atoms with E-state index in [9.17, 15) is 19.0 Å². The molecule has 2 unspecified atom stereocenters. The van der Waals surface area contributed by atoms with Crippen molar-refractivity contribution in [1.82, 2.24) is 0 Å². The molecular weight excluding hydrogens is 906 g/mol. The van der Waals surface area contributed by atoms with Crippen LogP contribution in [0, 0.1) is 0 Å². The summed E-state index contributed by atoms with van der Waals surface area (Å²) in [7, 11) is -4.39. The monoisotopic (exact) mass is 1020 g/mol. The van der Waals surface area contributed by atoms with E-state index < -0.39 is 26.5 Å². The molecule has 0 aliphatic heterocycles. The summed E-state index contributed by atoms with van der Waals surface area (Å²) in [5.41, 5.74) is 5.38. The van der Waals surface area contributed by atoms with E-state index in [1.165, 1.54) is 167 Å². The fourth-order valence-corrected chi connectivity index (χ4v) is 9.01. The summed E-state index contributed by atoms with van der Waals surface area (Å²) in [4.78, 5) is 35.2. The Morgan fingerprint density at radius 1 is 0.437 bits per heavy atom. The lowest BCUT2D eigenvalue weighted by Crippen LogP contribution is -2.29. The molecule has 71 heavy (non-hydrogen) atoms. The summed E-state index contributed by atoms with van der Waals surface area (Å²) in [5.74, 6) is -0.825. The minimum absolute atomic E-state index is 0.0512. The molecule has 0 amide bonds. The minimum atomic E-state index is -4.39. The van der Waals surface area contributed by atoms with E-state index in [-0.39, 0.29) is 38.6 Å². The second kappa shape index (κ2) is 56.7. The summed E-state index contributed by atoms with van der Waals surface area (Å²) in [6, 6.07) is 0. The summed E-state index contributed by atoms with van der Waals surface area (Å²) in [5, 5.41) is 0. The van der Waals surface area contributed by atoms with Gasteiger partial charge in [-0.1, -0.05) is 247 Å². The highest BCUT2D eigenvalue weighted by atomic mass is 31.2. The lowest BCUT2D eigenvalue weighted by Gasteiger charge is -2.19. The van der Waals surface area contributed by atoms with Crippen molar-refractivity contribution in [3.8, 4) is 0 Å². The van der Waals surface area contributed by atoms with Crippen molar-refractivity contribution in [2.24, 2.45) is 5.73 Å². The van der Waals surface area contributed by atoms with Crippen LogP contribution in [0.4, 0.5) is 0 Å². The van der Waals surface area contributed by atoms with Crippen LogP contribution < -0.4 is 5.73 Å². The molecule has 10 heteroatoms. The first-order chi connectivity index (χ1) is 34.8. The topological polar surface area (TPSA) is 134 Å². The van der Waals surface area contributed by atoms with E-state index in [0.717, 1.165) is 70.6 Å². The number of rotatable bonds is 55. The van der Waals surface area contributed by atoms with E-state index >= 15 is 0 Å². The molecule has 0 aliphatic carbocycles. The Morgan fingerprint density at radius 2 is 0.775 bits per heavy atom. The molecule has 0 fully saturated rings. The third-order valence-electron chi connectivity index (χ3n) is 12.6. The van der Waals surface area contributed by atoms with Gasteiger partial charge < -0.3 is 20.1 Å². The van der Waals surface area contributed by atoms with Crippen molar-refractivity contribution in [2.75, 3.05) is 26.4 Å². The third kappa shape index (κ3) is 56.6. The number of nitrogens with two attached hydrogens (primary N) is 1. The number of unbranched alkanes of at least 4 members (excludes halogenated alkanes) is 30. The maximum absolute atomic E-state index is 12.7. The molecule has 3 N–H and O–H groups in total. The van der Waals surface area contributed by atoms with Crippen LogP contribution in [-0.2, 0) is 32.7 Å². The van der Waals surface area contributed by atoms with Gasteiger partial charge >= 0.3 is 19.8 Å². The van der Waals surface area contributed by atoms with E-state index in [1.807, 2.05) is 0 Å². The Bertz CT molecular complexity index is 1390. The van der Waals surface area contributed by atoms with Crippen molar-refractivity contribution < 1.29 is 37.6 Å². The summed E-state index contributed by atoms with van der Waals surface area (Å²) < 4.78 is 33.1. The van der Waals surface area contributed by atoms with Gasteiger partial charge in [0.05, 0.1) is 13.2 Å². The predicted octanol–water partition coefficient (Wildman–Crippen LogP) is 18.5. The average molecular weight is 1020 g/mol. The van der Waals surface area contributed by atoms with Crippen molar-refractivity contribution in [2.45, 2.75) is 277 Å². The van der Waals surface area contributed by atoms with Gasteiger partial charge in [-0.15, -0.1) is 0 Å². The van der Waals surface area contributed by atoms with Gasteiger partial charge in [-0.25, -0.2) is 4.57 Å². The van der Waals surface area contributed by atoms with Crippen LogP contribution in [0.1, 0.15) is 271 Å². The number of carbonyl (C=O) groups is 2. The molecule has 0 saturated heterocycles. The lowest BCUT2D eigenvalue weighted by molar-refractivity contribution is -0.161. The quantitative estimate of drug-likeness (QED) is 0.0264. The van der Waals surface area contributed by atoms with E-state index in [1.54, 1.807) is 0 Å². The second-order valence-corrected chi connectivity index (χ2v) is 20.9. The summed E-state index contributed by atoms with van der Waals surface area (Å²) in [6.07, 6.45) is 72.4. The third-order valence-corrected chi connectivity index (χ3v) is 13.6. The van der Waals surface area contributed by atoms with Crippen molar-refractivity contribution >= 4 is 19.8 Å². The Balaban J connectivity index is 3.97. The molecule has 0 rings (SSSR count). The highest BCUT2D eigenvalue weighted by molar-refractivity contribution is 7.47. The number of ether oxygens (including phenoxy) is 2. The molecule has 9 nitrogen and oxygen atoms in total. The highest BCUT2D eigenvalue weighted by Crippen LogP contribution is 2.43. The van der Waals surface area contributed by atoms with Crippen LogP contribution >= 0.6 is 7.82 Å². The number of esters is 2. The second-order valence-electron chi connectivity index (χ2n) is 19.5. The van der Waals surface area contributed by atoms with E-state index in [4.69, 9.17) is 24.3 Å². The van der Waals surface area contributed by atoms with Crippen LogP contribution in [-0.4, -0.2) is 49.3 Å². The lowest BCUT2D eigenvalue weighted by atomic mass is 10.0. The Kier molecular flexibility index (Phi) is 54.7. The zero-order valence-corrected chi connectivity index (χ0v) is 46.8. The molecular formula is C61H110NO8P. The molecule has 2 atom stereocenters. The van der Waals surface area contributed by atoms with Gasteiger partial charge in [0.1, 0.15) is 6.61 Å². The molecule has 412 valence electrons. The first-order valence-corrected chi connectivity index (χ1v) is 30.9. The Morgan fingerprint density at radius 3 is 1.15 bits per heavy atom. The van der Waals surface area contributed by atoms with Crippen LogP contribution in [0.3, 0.4) is 0 Å². The standard InChI is InChI=1S/C61H110NO8P/c1-3-5-7-9-11-13-15-17-19-21-23-25-27-29-31-33-35-37-39-41-43-45-47-49-51-53-60(63)67-57-59(58-69-71(65,66)68-56-55-62)70-61(64)54-52-50-48-46-44-42-40-38-36-34-32-30-28-26-24-22-20-18-16-14-12-10-8-6-4-2/h6,8,12,14-15,17-18,20-21,23-24,26,59H,3-5,7,9-11,13,16,19,22,25,27-58,62H2,1-2H3,(H,65,66)/b8-6-,14-12-,17-15-,20-18-,23-21-,26-24-. The first-order valence-electron chi connectivity index (χ1n) is 29.4. The number of phosphoric ester groups is 1. The zero-order chi connectivity index (χ0) is 51.7. The van der Waals surface area contributed by atoms with Gasteiger partial charge in [0.15, 0.2) is 6.10 Å². The maximum atomic E-state index is 12.7. The molecule has 0 aromatic carbocycles. The van der Waals surface area contributed by atoms with E-state index in [2.05, 4.69) is 86.8 Å². The molecule has 0 aromatic heterocycles. The largest absolute Gasteiger partial charge is 0.472 e. The van der Waals surface area contributed by atoms with Crippen LogP contribution in [0.15, 0.2) is 72.9 Å². The van der Waals surface area contributed by atoms with E-state index in [0.29, 0.717) is 6.42 Å². The van der Waals surface area contributed by atoms with Crippen molar-refractivity contribution in [3.05, 3.63) is 72.9 Å². The zero-order valence-electron chi connectivity index (χ0n) is 45.9. The van der Waals surface area contributed by atoms with Crippen molar-refractivity contribution in [1.29, 1.82) is 0 Å². The van der Waals surface area contributed by atoms with Gasteiger partial charge in [-0.2, -0.15) is 0 Å². The van der Waals surface area contributed by atoms with Gasteiger partial charge in [0.2, 0.25) is 0 Å². The minimum Gasteiger partial charge on any atom is -0.462 e. The van der Waals surface area contributed by atoms with Crippen LogP contribution in [0.2, 0.25) is 0 Å². The molecule has 0 bridgehead atoms. The normalized spacial score (nSPS) is 13.6.